The molecule has 2 saturated heterocycles. The number of likely N-dealkylation sites (tertiary alicyclic amines) is 1. The first-order chi connectivity index (χ1) is 9.25. The number of fused-ring (bicyclic) bond motifs is 1. The van der Waals surface area contributed by atoms with Crippen LogP contribution in [0.25, 0.3) is 0 Å². The Morgan fingerprint density at radius 2 is 2.05 bits per heavy atom. The molecule has 0 spiro atoms. The molecule has 2 nitrogen and oxygen atoms in total. The van der Waals surface area contributed by atoms with E-state index in [1.165, 1.54) is 31.5 Å². The molecule has 0 saturated carbocycles. The van der Waals surface area contributed by atoms with Crippen LogP contribution < -0.4 is 5.32 Å². The average molecular weight is 258 g/mol. The number of nitrogens with zero attached hydrogens (tertiary/aromatic N) is 1. The molecular weight excluding hydrogens is 232 g/mol. The van der Waals surface area contributed by atoms with Gasteiger partial charge in [-0.1, -0.05) is 44.2 Å². The zero-order valence-corrected chi connectivity index (χ0v) is 12.2. The summed E-state index contributed by atoms with van der Waals surface area (Å²) < 4.78 is 0. The molecule has 0 amide bonds. The highest BCUT2D eigenvalue weighted by Gasteiger charge is 2.42. The third-order valence-corrected chi connectivity index (χ3v) is 4.86. The maximum absolute atomic E-state index is 3.77. The Morgan fingerprint density at radius 1 is 1.26 bits per heavy atom. The highest BCUT2D eigenvalue weighted by atomic mass is 15.2. The van der Waals surface area contributed by atoms with Crippen molar-refractivity contribution in [2.24, 2.45) is 11.8 Å². The Morgan fingerprint density at radius 3 is 2.79 bits per heavy atom. The molecule has 2 unspecified atom stereocenters. The van der Waals surface area contributed by atoms with Crippen molar-refractivity contribution in [1.82, 2.24) is 10.2 Å². The molecule has 2 heteroatoms. The molecule has 3 rings (SSSR count). The Hall–Kier alpha value is -0.860. The van der Waals surface area contributed by atoms with Crippen LogP contribution in [0.3, 0.4) is 0 Å². The lowest BCUT2D eigenvalue weighted by atomic mass is 9.84. The molecule has 3 atom stereocenters. The second-order valence-electron chi connectivity index (χ2n) is 6.53. The smallest absolute Gasteiger partial charge is 0.0295 e. The van der Waals surface area contributed by atoms with E-state index in [0.29, 0.717) is 6.04 Å². The number of nitrogens with one attached hydrogen (secondary N) is 1. The average Bonchev–Trinajstić information content (AvgIpc) is 2.85. The van der Waals surface area contributed by atoms with Crippen molar-refractivity contribution < 1.29 is 0 Å². The summed E-state index contributed by atoms with van der Waals surface area (Å²) in [5, 5.41) is 3.77. The number of hydrogen-bond acceptors (Lipinski definition) is 2. The van der Waals surface area contributed by atoms with Crippen LogP contribution in [0, 0.1) is 11.8 Å². The largest absolute Gasteiger partial charge is 0.312 e. The SMILES string of the molecule is CC(C)[C@@H]1NCC2CCCN(Cc3ccccc3)C21. The van der Waals surface area contributed by atoms with Crippen molar-refractivity contribution in [3.05, 3.63) is 35.9 Å². The van der Waals surface area contributed by atoms with Crippen molar-refractivity contribution in [3.8, 4) is 0 Å². The van der Waals surface area contributed by atoms with Gasteiger partial charge in [-0.05, 0) is 43.3 Å². The van der Waals surface area contributed by atoms with E-state index in [9.17, 15) is 0 Å². The predicted octanol–water partition coefficient (Wildman–Crippen LogP) is 2.90. The first-order valence-corrected chi connectivity index (χ1v) is 7.77. The summed E-state index contributed by atoms with van der Waals surface area (Å²) in [5.74, 6) is 1.59. The maximum atomic E-state index is 3.77. The molecule has 104 valence electrons. The van der Waals surface area contributed by atoms with Gasteiger partial charge in [0.2, 0.25) is 0 Å². The second-order valence-corrected chi connectivity index (χ2v) is 6.53. The minimum atomic E-state index is 0.675. The van der Waals surface area contributed by atoms with E-state index in [0.717, 1.165) is 24.4 Å². The number of rotatable bonds is 3. The lowest BCUT2D eigenvalue weighted by Crippen LogP contribution is -2.50. The van der Waals surface area contributed by atoms with Crippen LogP contribution in [0.4, 0.5) is 0 Å². The Kier molecular flexibility index (Phi) is 3.90. The molecule has 1 aromatic carbocycles. The summed E-state index contributed by atoms with van der Waals surface area (Å²) in [6.07, 6.45) is 2.77. The van der Waals surface area contributed by atoms with Gasteiger partial charge in [-0.2, -0.15) is 0 Å². The molecule has 2 aliphatic rings. The molecule has 2 heterocycles. The number of benzene rings is 1. The molecule has 0 bridgehead atoms. The van der Waals surface area contributed by atoms with Gasteiger partial charge in [-0.15, -0.1) is 0 Å². The zero-order chi connectivity index (χ0) is 13.2. The molecule has 2 aliphatic heterocycles. The summed E-state index contributed by atoms with van der Waals surface area (Å²) in [6.45, 7) is 8.32. The molecule has 1 aromatic rings. The molecular formula is C17H26N2. The molecule has 0 aromatic heterocycles. The molecule has 0 aliphatic carbocycles. The van der Waals surface area contributed by atoms with Gasteiger partial charge in [-0.25, -0.2) is 0 Å². The van der Waals surface area contributed by atoms with Crippen molar-refractivity contribution >= 4 is 0 Å². The van der Waals surface area contributed by atoms with E-state index < -0.39 is 0 Å². The summed E-state index contributed by atoms with van der Waals surface area (Å²) in [5.41, 5.74) is 1.46. The standard InChI is InChI=1S/C17H26N2/c1-13(2)16-17-15(11-18-16)9-6-10-19(17)12-14-7-4-3-5-8-14/h3-5,7-8,13,15-18H,6,9-12H2,1-2H3/t15?,16-,17?/m0/s1. The quantitative estimate of drug-likeness (QED) is 0.897. The summed E-state index contributed by atoms with van der Waals surface area (Å²) >= 11 is 0. The van der Waals surface area contributed by atoms with E-state index in [4.69, 9.17) is 0 Å². The van der Waals surface area contributed by atoms with Gasteiger partial charge >= 0.3 is 0 Å². The third kappa shape index (κ3) is 2.70. The topological polar surface area (TPSA) is 15.3 Å². The Bertz CT molecular complexity index is 401. The molecule has 0 radical (unpaired) electrons. The fourth-order valence-corrected chi connectivity index (χ4v) is 3.96. The molecule has 19 heavy (non-hydrogen) atoms. The van der Waals surface area contributed by atoms with Gasteiger partial charge in [0.05, 0.1) is 0 Å². The van der Waals surface area contributed by atoms with Crippen molar-refractivity contribution in [1.29, 1.82) is 0 Å². The third-order valence-electron chi connectivity index (χ3n) is 4.86. The lowest BCUT2D eigenvalue weighted by molar-refractivity contribution is 0.0866. The van der Waals surface area contributed by atoms with Crippen LogP contribution in [0.15, 0.2) is 30.3 Å². The van der Waals surface area contributed by atoms with Crippen LogP contribution in [0.2, 0.25) is 0 Å². The molecule has 1 N–H and O–H groups in total. The highest BCUT2D eigenvalue weighted by Crippen LogP contribution is 2.33. The Balaban J connectivity index is 1.76. The van der Waals surface area contributed by atoms with E-state index in [-0.39, 0.29) is 0 Å². The monoisotopic (exact) mass is 258 g/mol. The van der Waals surface area contributed by atoms with Crippen LogP contribution in [-0.2, 0) is 6.54 Å². The van der Waals surface area contributed by atoms with Gasteiger partial charge in [0.15, 0.2) is 0 Å². The first-order valence-electron chi connectivity index (χ1n) is 7.77. The zero-order valence-electron chi connectivity index (χ0n) is 12.2. The highest BCUT2D eigenvalue weighted by molar-refractivity contribution is 5.15. The van der Waals surface area contributed by atoms with Crippen LogP contribution in [0.1, 0.15) is 32.3 Å². The summed E-state index contributed by atoms with van der Waals surface area (Å²) in [7, 11) is 0. The van der Waals surface area contributed by atoms with Crippen molar-refractivity contribution in [3.63, 3.8) is 0 Å². The summed E-state index contributed by atoms with van der Waals surface area (Å²) in [6, 6.07) is 12.4. The van der Waals surface area contributed by atoms with E-state index >= 15 is 0 Å². The van der Waals surface area contributed by atoms with E-state index in [2.05, 4.69) is 54.4 Å². The predicted molar refractivity (Wildman–Crippen MR) is 80.0 cm³/mol. The van der Waals surface area contributed by atoms with Crippen molar-refractivity contribution in [2.75, 3.05) is 13.1 Å². The minimum absolute atomic E-state index is 0.675. The van der Waals surface area contributed by atoms with Crippen LogP contribution in [-0.4, -0.2) is 30.1 Å². The number of hydrogen-bond donors (Lipinski definition) is 1. The van der Waals surface area contributed by atoms with Crippen LogP contribution in [0.5, 0.6) is 0 Å². The lowest BCUT2D eigenvalue weighted by Gasteiger charge is -2.41. The van der Waals surface area contributed by atoms with Gasteiger partial charge in [0, 0.05) is 18.6 Å². The van der Waals surface area contributed by atoms with Crippen molar-refractivity contribution in [2.45, 2.75) is 45.3 Å². The maximum Gasteiger partial charge on any atom is 0.0295 e. The fourth-order valence-electron chi connectivity index (χ4n) is 3.96. The first kappa shape index (κ1) is 13.1. The minimum Gasteiger partial charge on any atom is -0.312 e. The normalized spacial score (nSPS) is 31.6. The summed E-state index contributed by atoms with van der Waals surface area (Å²) in [4.78, 5) is 2.73. The second kappa shape index (κ2) is 5.64. The fraction of sp³-hybridized carbons (Fsp3) is 0.647. The van der Waals surface area contributed by atoms with Gasteiger partial charge in [0.25, 0.3) is 0 Å². The van der Waals surface area contributed by atoms with E-state index in [1.807, 2.05) is 0 Å². The van der Waals surface area contributed by atoms with Crippen LogP contribution >= 0.6 is 0 Å². The van der Waals surface area contributed by atoms with Gasteiger partial charge in [-0.3, -0.25) is 4.90 Å². The number of piperidine rings is 1. The Labute approximate surface area is 117 Å². The molecule has 2 fully saturated rings. The van der Waals surface area contributed by atoms with E-state index in [1.54, 1.807) is 0 Å². The van der Waals surface area contributed by atoms with Gasteiger partial charge in [0.1, 0.15) is 0 Å². The van der Waals surface area contributed by atoms with Gasteiger partial charge < -0.3 is 5.32 Å².